The van der Waals surface area contributed by atoms with E-state index >= 15 is 0 Å². The number of benzene rings is 3. The molecule has 5 rings (SSSR count). The van der Waals surface area contributed by atoms with E-state index in [1.54, 1.807) is 4.90 Å². The number of fused-ring (bicyclic) bond motifs is 2. The van der Waals surface area contributed by atoms with Crippen molar-refractivity contribution in [3.63, 3.8) is 0 Å². The summed E-state index contributed by atoms with van der Waals surface area (Å²) in [5.74, 6) is 1.70. The number of rotatable bonds is 7. The van der Waals surface area contributed by atoms with Gasteiger partial charge in [-0.1, -0.05) is 50.2 Å². The first-order chi connectivity index (χ1) is 17.6. The zero-order valence-electron chi connectivity index (χ0n) is 20.5. The van der Waals surface area contributed by atoms with Crippen molar-refractivity contribution in [3.05, 3.63) is 83.4 Å². The van der Waals surface area contributed by atoms with E-state index in [2.05, 4.69) is 5.32 Å². The number of amides is 2. The van der Waals surface area contributed by atoms with E-state index in [-0.39, 0.29) is 24.5 Å². The van der Waals surface area contributed by atoms with Gasteiger partial charge in [-0.25, -0.2) is 0 Å². The number of nitrogens with zero attached hydrogens (tertiary/aromatic N) is 1. The average Bonchev–Trinajstić information content (AvgIpc) is 3.31. The van der Waals surface area contributed by atoms with E-state index in [1.807, 2.05) is 80.6 Å². The maximum atomic E-state index is 13.3. The summed E-state index contributed by atoms with van der Waals surface area (Å²) in [4.78, 5) is 28.2. The fraction of sp³-hybridized carbons (Fsp3) is 0.310. The van der Waals surface area contributed by atoms with E-state index in [0.29, 0.717) is 48.9 Å². The highest BCUT2D eigenvalue weighted by molar-refractivity contribution is 5.96. The Labute approximate surface area is 211 Å². The highest BCUT2D eigenvalue weighted by atomic mass is 16.7. The summed E-state index contributed by atoms with van der Waals surface area (Å²) in [7, 11) is 0. The van der Waals surface area contributed by atoms with Crippen LogP contribution in [-0.4, -0.2) is 29.6 Å². The standard InChI is InChI=1S/C29H30N2O5/c1-3-23(20-8-6-5-7-9-20)28(32)30-22-11-13-25-21(15-22)17-31(29(33)24(4-2)36-25)16-19-10-12-26-27(14-19)35-18-34-26/h5-15,23-24H,3-4,16-18H2,1-2H3,(H,30,32)/t23-,24-/m0/s1. The third-order valence-electron chi connectivity index (χ3n) is 6.65. The van der Waals surface area contributed by atoms with Crippen molar-refractivity contribution in [2.24, 2.45) is 0 Å². The molecule has 7 heteroatoms. The molecule has 36 heavy (non-hydrogen) atoms. The zero-order valence-corrected chi connectivity index (χ0v) is 20.5. The lowest BCUT2D eigenvalue weighted by atomic mass is 9.95. The van der Waals surface area contributed by atoms with E-state index < -0.39 is 6.10 Å². The first-order valence-corrected chi connectivity index (χ1v) is 12.4. The molecule has 2 amide bonds. The Bertz CT molecular complexity index is 1260. The number of ether oxygens (including phenoxy) is 3. The molecular weight excluding hydrogens is 456 g/mol. The SMILES string of the molecule is CC[C@@H]1Oc2ccc(NC(=O)[C@@H](CC)c3ccccc3)cc2CN(Cc2ccc3c(c2)OCO3)C1=O. The number of carbonyl (C=O) groups excluding carboxylic acids is 2. The van der Waals surface area contributed by atoms with Crippen molar-refractivity contribution < 1.29 is 23.8 Å². The second-order valence-electron chi connectivity index (χ2n) is 9.08. The molecule has 0 unspecified atom stereocenters. The molecule has 0 saturated heterocycles. The molecule has 186 valence electrons. The minimum Gasteiger partial charge on any atom is -0.480 e. The van der Waals surface area contributed by atoms with Crippen LogP contribution in [0, 0.1) is 0 Å². The van der Waals surface area contributed by atoms with E-state index in [9.17, 15) is 9.59 Å². The Balaban J connectivity index is 1.37. The fourth-order valence-electron chi connectivity index (χ4n) is 4.73. The van der Waals surface area contributed by atoms with Gasteiger partial charge in [-0.15, -0.1) is 0 Å². The molecule has 2 aliphatic rings. The van der Waals surface area contributed by atoms with Gasteiger partial charge in [0.1, 0.15) is 5.75 Å². The number of hydrogen-bond donors (Lipinski definition) is 1. The molecule has 2 heterocycles. The second-order valence-corrected chi connectivity index (χ2v) is 9.08. The number of anilines is 1. The lowest BCUT2D eigenvalue weighted by Gasteiger charge is -2.23. The quantitative estimate of drug-likeness (QED) is 0.494. The predicted molar refractivity (Wildman–Crippen MR) is 136 cm³/mol. The highest BCUT2D eigenvalue weighted by Gasteiger charge is 2.30. The minimum atomic E-state index is -0.566. The normalized spacial score (nSPS) is 17.1. The van der Waals surface area contributed by atoms with Crippen LogP contribution in [0.4, 0.5) is 5.69 Å². The van der Waals surface area contributed by atoms with Crippen molar-refractivity contribution in [3.8, 4) is 17.2 Å². The molecule has 0 spiro atoms. The van der Waals surface area contributed by atoms with Crippen LogP contribution in [0.15, 0.2) is 66.7 Å². The summed E-state index contributed by atoms with van der Waals surface area (Å²) in [5, 5.41) is 3.06. The van der Waals surface area contributed by atoms with E-state index in [4.69, 9.17) is 14.2 Å². The first-order valence-electron chi connectivity index (χ1n) is 12.4. The van der Waals surface area contributed by atoms with Gasteiger partial charge in [0.25, 0.3) is 5.91 Å². The van der Waals surface area contributed by atoms with Gasteiger partial charge in [0.15, 0.2) is 17.6 Å². The van der Waals surface area contributed by atoms with Crippen LogP contribution in [0.25, 0.3) is 0 Å². The van der Waals surface area contributed by atoms with Gasteiger partial charge in [0, 0.05) is 24.3 Å². The maximum Gasteiger partial charge on any atom is 0.264 e. The summed E-state index contributed by atoms with van der Waals surface area (Å²) >= 11 is 0. The monoisotopic (exact) mass is 486 g/mol. The van der Waals surface area contributed by atoms with Crippen molar-refractivity contribution in [1.82, 2.24) is 4.90 Å². The van der Waals surface area contributed by atoms with Crippen LogP contribution in [0.2, 0.25) is 0 Å². The van der Waals surface area contributed by atoms with Gasteiger partial charge in [-0.05, 0) is 54.3 Å². The number of nitrogens with one attached hydrogen (secondary N) is 1. The van der Waals surface area contributed by atoms with Gasteiger partial charge in [-0.2, -0.15) is 0 Å². The Morgan fingerprint density at radius 2 is 1.78 bits per heavy atom. The largest absolute Gasteiger partial charge is 0.480 e. The maximum absolute atomic E-state index is 13.3. The van der Waals surface area contributed by atoms with Crippen molar-refractivity contribution in [2.75, 3.05) is 12.1 Å². The van der Waals surface area contributed by atoms with Crippen LogP contribution in [0.5, 0.6) is 17.2 Å². The smallest absolute Gasteiger partial charge is 0.264 e. The molecule has 2 aliphatic heterocycles. The van der Waals surface area contributed by atoms with Gasteiger partial charge >= 0.3 is 0 Å². The molecule has 0 fully saturated rings. The number of carbonyl (C=O) groups is 2. The summed E-state index contributed by atoms with van der Waals surface area (Å²) in [6, 6.07) is 21.1. The lowest BCUT2D eigenvalue weighted by Crippen LogP contribution is -2.38. The van der Waals surface area contributed by atoms with Crippen molar-refractivity contribution in [1.29, 1.82) is 0 Å². The summed E-state index contributed by atoms with van der Waals surface area (Å²) < 4.78 is 17.0. The van der Waals surface area contributed by atoms with Crippen molar-refractivity contribution in [2.45, 2.75) is 51.8 Å². The molecule has 0 bridgehead atoms. The molecular formula is C29H30N2O5. The summed E-state index contributed by atoms with van der Waals surface area (Å²) in [6.45, 7) is 4.94. The molecule has 3 aromatic carbocycles. The van der Waals surface area contributed by atoms with Crippen LogP contribution in [0.1, 0.15) is 49.3 Å². The molecule has 0 aromatic heterocycles. The fourth-order valence-corrected chi connectivity index (χ4v) is 4.73. The molecule has 1 N–H and O–H groups in total. The Morgan fingerprint density at radius 3 is 2.56 bits per heavy atom. The van der Waals surface area contributed by atoms with Crippen molar-refractivity contribution >= 4 is 17.5 Å². The Morgan fingerprint density at radius 1 is 1.00 bits per heavy atom. The Hall–Kier alpha value is -4.00. The van der Waals surface area contributed by atoms with Crippen LogP contribution in [0.3, 0.4) is 0 Å². The topological polar surface area (TPSA) is 77.1 Å². The molecule has 2 atom stereocenters. The molecule has 0 aliphatic carbocycles. The lowest BCUT2D eigenvalue weighted by molar-refractivity contribution is -0.139. The average molecular weight is 487 g/mol. The van der Waals surface area contributed by atoms with Gasteiger partial charge in [0.2, 0.25) is 12.7 Å². The molecule has 0 saturated carbocycles. The minimum absolute atomic E-state index is 0.0575. The third kappa shape index (κ3) is 4.87. The van der Waals surface area contributed by atoms with Gasteiger partial charge in [-0.3, -0.25) is 9.59 Å². The van der Waals surface area contributed by atoms with E-state index in [1.165, 1.54) is 0 Å². The molecule has 7 nitrogen and oxygen atoms in total. The predicted octanol–water partition coefficient (Wildman–Crippen LogP) is 5.25. The zero-order chi connectivity index (χ0) is 25.1. The summed E-state index contributed by atoms with van der Waals surface area (Å²) in [6.07, 6.45) is 0.687. The third-order valence-corrected chi connectivity index (χ3v) is 6.65. The second kappa shape index (κ2) is 10.3. The van der Waals surface area contributed by atoms with Gasteiger partial charge in [0.05, 0.1) is 5.92 Å². The van der Waals surface area contributed by atoms with Gasteiger partial charge < -0.3 is 24.4 Å². The molecule has 3 aromatic rings. The van der Waals surface area contributed by atoms with Crippen LogP contribution < -0.4 is 19.5 Å². The highest BCUT2D eigenvalue weighted by Crippen LogP contribution is 2.34. The van der Waals surface area contributed by atoms with Crippen LogP contribution >= 0.6 is 0 Å². The Kier molecular flexibility index (Phi) is 6.80. The van der Waals surface area contributed by atoms with E-state index in [0.717, 1.165) is 16.7 Å². The van der Waals surface area contributed by atoms with Crippen LogP contribution in [-0.2, 0) is 22.7 Å². The summed E-state index contributed by atoms with van der Waals surface area (Å²) in [5.41, 5.74) is 3.47. The number of hydrogen-bond acceptors (Lipinski definition) is 5. The molecule has 0 radical (unpaired) electrons. The first kappa shape index (κ1) is 23.7.